The lowest BCUT2D eigenvalue weighted by Crippen LogP contribution is -2.35. The van der Waals surface area contributed by atoms with Gasteiger partial charge in [0.05, 0.1) is 23.8 Å². The number of hydrogen-bond donors (Lipinski definition) is 0. The number of nitrogens with zero attached hydrogens (tertiary/aromatic N) is 1. The monoisotopic (exact) mass is 541 g/mol. The molecule has 0 N–H and O–H groups in total. The molecule has 196 valence electrons. The summed E-state index contributed by atoms with van der Waals surface area (Å²) in [6, 6.07) is 18.1. The van der Waals surface area contributed by atoms with Gasteiger partial charge in [0, 0.05) is 11.1 Å². The SMILES string of the molecule is CCCCc1ccc(N(C(=O)/C=C/c2ccc(OCC)c(OCC)c2)S(=O)(=O)c2ccc(Cl)cc2)cc1. The summed E-state index contributed by atoms with van der Waals surface area (Å²) in [6.45, 7) is 6.81. The number of unbranched alkanes of at least 4 members (excludes halogenated alkanes) is 1. The summed E-state index contributed by atoms with van der Waals surface area (Å²) in [5.74, 6) is 0.443. The van der Waals surface area contributed by atoms with Crippen LogP contribution in [0, 0.1) is 0 Å². The lowest BCUT2D eigenvalue weighted by atomic mass is 10.1. The second-order valence-corrected chi connectivity index (χ2v) is 10.5. The predicted octanol–water partition coefficient (Wildman–Crippen LogP) is 6.92. The van der Waals surface area contributed by atoms with Crippen molar-refractivity contribution in [1.29, 1.82) is 0 Å². The van der Waals surface area contributed by atoms with Crippen LogP contribution in [-0.2, 0) is 21.2 Å². The van der Waals surface area contributed by atoms with Gasteiger partial charge >= 0.3 is 0 Å². The molecule has 0 saturated heterocycles. The van der Waals surface area contributed by atoms with Gasteiger partial charge in [-0.25, -0.2) is 8.42 Å². The number of sulfonamides is 1. The van der Waals surface area contributed by atoms with Crippen LogP contribution in [-0.4, -0.2) is 27.5 Å². The van der Waals surface area contributed by atoms with Crippen molar-refractivity contribution < 1.29 is 22.7 Å². The average molecular weight is 542 g/mol. The molecule has 0 atom stereocenters. The van der Waals surface area contributed by atoms with Crippen molar-refractivity contribution in [3.63, 3.8) is 0 Å². The van der Waals surface area contributed by atoms with E-state index in [4.69, 9.17) is 21.1 Å². The van der Waals surface area contributed by atoms with E-state index in [1.165, 1.54) is 30.3 Å². The van der Waals surface area contributed by atoms with Gasteiger partial charge in [0.1, 0.15) is 0 Å². The maximum Gasteiger partial charge on any atom is 0.271 e. The summed E-state index contributed by atoms with van der Waals surface area (Å²) in [6.07, 6.45) is 5.76. The molecule has 37 heavy (non-hydrogen) atoms. The summed E-state index contributed by atoms with van der Waals surface area (Å²) >= 11 is 5.96. The van der Waals surface area contributed by atoms with E-state index in [9.17, 15) is 13.2 Å². The number of amides is 1. The van der Waals surface area contributed by atoms with Crippen LogP contribution in [0.5, 0.6) is 11.5 Å². The highest BCUT2D eigenvalue weighted by Crippen LogP contribution is 2.30. The van der Waals surface area contributed by atoms with Crippen LogP contribution in [0.25, 0.3) is 6.08 Å². The quantitative estimate of drug-likeness (QED) is 0.233. The van der Waals surface area contributed by atoms with Gasteiger partial charge in [0.15, 0.2) is 11.5 Å². The van der Waals surface area contributed by atoms with Crippen molar-refractivity contribution in [3.05, 3.63) is 89.0 Å². The number of carbonyl (C=O) groups excluding carboxylic acids is 1. The van der Waals surface area contributed by atoms with Gasteiger partial charge in [-0.15, -0.1) is 0 Å². The standard InChI is InChI=1S/C29H32ClNO5S/c1-4-7-8-22-9-15-25(16-10-22)31(37(33,34)26-17-13-24(30)14-18-26)29(32)20-12-23-11-19-27(35-5-2)28(21-23)36-6-3/h9-21H,4-8H2,1-3H3/b20-12+. The van der Waals surface area contributed by atoms with E-state index in [0.29, 0.717) is 35.3 Å². The van der Waals surface area contributed by atoms with Gasteiger partial charge in [0.25, 0.3) is 15.9 Å². The number of halogens is 1. The highest BCUT2D eigenvalue weighted by atomic mass is 35.5. The second kappa shape index (κ2) is 13.3. The van der Waals surface area contributed by atoms with Crippen molar-refractivity contribution in [2.24, 2.45) is 0 Å². The molecule has 0 heterocycles. The number of carbonyl (C=O) groups is 1. The second-order valence-electron chi connectivity index (χ2n) is 8.24. The number of rotatable bonds is 12. The highest BCUT2D eigenvalue weighted by Gasteiger charge is 2.29. The minimum absolute atomic E-state index is 0.0339. The van der Waals surface area contributed by atoms with Crippen LogP contribution >= 0.6 is 11.6 Å². The Bertz CT molecular complexity index is 1320. The van der Waals surface area contributed by atoms with Gasteiger partial charge in [-0.2, -0.15) is 4.31 Å². The van der Waals surface area contributed by atoms with Crippen LogP contribution in [0.4, 0.5) is 5.69 Å². The zero-order valence-electron chi connectivity index (χ0n) is 21.3. The highest BCUT2D eigenvalue weighted by molar-refractivity contribution is 7.93. The molecule has 0 bridgehead atoms. The van der Waals surface area contributed by atoms with E-state index < -0.39 is 15.9 Å². The van der Waals surface area contributed by atoms with Crippen LogP contribution in [0.15, 0.2) is 77.7 Å². The van der Waals surface area contributed by atoms with Crippen LogP contribution in [0.1, 0.15) is 44.7 Å². The summed E-state index contributed by atoms with van der Waals surface area (Å²) in [4.78, 5) is 13.4. The smallest absolute Gasteiger partial charge is 0.271 e. The lowest BCUT2D eigenvalue weighted by Gasteiger charge is -2.22. The Morgan fingerprint density at radius 3 is 2.16 bits per heavy atom. The Morgan fingerprint density at radius 1 is 0.892 bits per heavy atom. The molecule has 3 rings (SSSR count). The van der Waals surface area contributed by atoms with Gasteiger partial charge in [-0.05, 0) is 92.4 Å². The molecule has 0 radical (unpaired) electrons. The van der Waals surface area contributed by atoms with Crippen molar-refractivity contribution >= 4 is 39.3 Å². The zero-order chi connectivity index (χ0) is 26.8. The molecular weight excluding hydrogens is 510 g/mol. The first-order valence-electron chi connectivity index (χ1n) is 12.3. The minimum Gasteiger partial charge on any atom is -0.490 e. The van der Waals surface area contributed by atoms with Gasteiger partial charge in [0.2, 0.25) is 0 Å². The Balaban J connectivity index is 1.98. The molecule has 0 aromatic heterocycles. The fourth-order valence-corrected chi connectivity index (χ4v) is 5.20. The average Bonchev–Trinajstić information content (AvgIpc) is 2.89. The number of anilines is 1. The first-order valence-corrected chi connectivity index (χ1v) is 14.1. The van der Waals surface area contributed by atoms with Crippen LogP contribution in [0.3, 0.4) is 0 Å². The maximum absolute atomic E-state index is 13.6. The van der Waals surface area contributed by atoms with E-state index in [0.717, 1.165) is 29.1 Å². The molecule has 8 heteroatoms. The van der Waals surface area contributed by atoms with Crippen molar-refractivity contribution in [2.75, 3.05) is 17.5 Å². The molecule has 0 aliphatic carbocycles. The lowest BCUT2D eigenvalue weighted by molar-refractivity contribution is -0.113. The Labute approximate surface area is 224 Å². The topological polar surface area (TPSA) is 72.9 Å². The zero-order valence-corrected chi connectivity index (χ0v) is 22.9. The normalized spacial score (nSPS) is 11.5. The van der Waals surface area contributed by atoms with Crippen molar-refractivity contribution in [3.8, 4) is 11.5 Å². The number of aryl methyl sites for hydroxylation is 1. The fourth-order valence-electron chi connectivity index (χ4n) is 3.68. The molecule has 3 aromatic carbocycles. The third kappa shape index (κ3) is 7.37. The van der Waals surface area contributed by atoms with Crippen molar-refractivity contribution in [1.82, 2.24) is 0 Å². The third-order valence-electron chi connectivity index (χ3n) is 5.53. The van der Waals surface area contributed by atoms with Gasteiger partial charge in [-0.3, -0.25) is 4.79 Å². The summed E-state index contributed by atoms with van der Waals surface area (Å²) in [5.41, 5.74) is 2.00. The fraction of sp³-hybridized carbons (Fsp3) is 0.276. The van der Waals surface area contributed by atoms with E-state index in [1.807, 2.05) is 26.0 Å². The van der Waals surface area contributed by atoms with E-state index >= 15 is 0 Å². The molecule has 6 nitrogen and oxygen atoms in total. The third-order valence-corrected chi connectivity index (χ3v) is 7.52. The number of hydrogen-bond acceptors (Lipinski definition) is 5. The minimum atomic E-state index is -4.21. The van der Waals surface area contributed by atoms with Gasteiger partial charge < -0.3 is 9.47 Å². The van der Waals surface area contributed by atoms with E-state index in [-0.39, 0.29) is 10.6 Å². The van der Waals surface area contributed by atoms with Crippen LogP contribution < -0.4 is 13.8 Å². The van der Waals surface area contributed by atoms with E-state index in [2.05, 4.69) is 6.92 Å². The molecule has 0 saturated carbocycles. The maximum atomic E-state index is 13.6. The number of benzene rings is 3. The predicted molar refractivity (Wildman–Crippen MR) is 149 cm³/mol. The molecule has 3 aromatic rings. The van der Waals surface area contributed by atoms with E-state index in [1.54, 1.807) is 36.4 Å². The molecule has 0 spiro atoms. The summed E-state index contributed by atoms with van der Waals surface area (Å²) in [5, 5.41) is 0.401. The number of ether oxygens (including phenoxy) is 2. The Kier molecular flexibility index (Phi) is 10.2. The summed E-state index contributed by atoms with van der Waals surface area (Å²) in [7, 11) is -4.21. The van der Waals surface area contributed by atoms with Crippen molar-refractivity contribution in [2.45, 2.75) is 44.9 Å². The summed E-state index contributed by atoms with van der Waals surface area (Å²) < 4.78 is 39.3. The van der Waals surface area contributed by atoms with Crippen LogP contribution in [0.2, 0.25) is 5.02 Å². The molecule has 1 amide bonds. The first-order chi connectivity index (χ1) is 17.8. The molecule has 0 aliphatic heterocycles. The Morgan fingerprint density at radius 2 is 1.54 bits per heavy atom. The Hall–Kier alpha value is -3.29. The van der Waals surface area contributed by atoms with Gasteiger partial charge in [-0.1, -0.05) is 43.1 Å². The molecule has 0 fully saturated rings. The largest absolute Gasteiger partial charge is 0.490 e. The molecule has 0 unspecified atom stereocenters. The molecular formula is C29H32ClNO5S. The first kappa shape index (κ1) is 28.3. The molecule has 0 aliphatic rings.